The molecule has 0 unspecified atom stereocenters. The molecule has 194 valence electrons. The van der Waals surface area contributed by atoms with Crippen LogP contribution in [0.15, 0.2) is 78.9 Å². The molecule has 1 amide bonds. The Morgan fingerprint density at radius 3 is 2.34 bits per heavy atom. The predicted octanol–water partition coefficient (Wildman–Crippen LogP) is 5.73. The summed E-state index contributed by atoms with van der Waals surface area (Å²) < 4.78 is 5.68. The zero-order chi connectivity index (χ0) is 26.5. The molecule has 38 heavy (non-hydrogen) atoms. The molecule has 2 heterocycles. The summed E-state index contributed by atoms with van der Waals surface area (Å²) >= 11 is 5.93. The zero-order valence-corrected chi connectivity index (χ0v) is 22.5. The monoisotopic (exact) mass is 526 g/mol. The van der Waals surface area contributed by atoms with E-state index >= 15 is 0 Å². The van der Waals surface area contributed by atoms with Gasteiger partial charge in [-0.05, 0) is 49.7 Å². The van der Waals surface area contributed by atoms with E-state index in [0.29, 0.717) is 37.0 Å². The van der Waals surface area contributed by atoms with Crippen LogP contribution in [0.25, 0.3) is 11.4 Å². The van der Waals surface area contributed by atoms with Gasteiger partial charge in [0.15, 0.2) is 12.4 Å². The Morgan fingerprint density at radius 2 is 1.63 bits per heavy atom. The maximum atomic E-state index is 12.8. The van der Waals surface area contributed by atoms with E-state index < -0.39 is 0 Å². The van der Waals surface area contributed by atoms with E-state index in [1.54, 1.807) is 24.3 Å². The number of benzene rings is 3. The molecule has 0 saturated carbocycles. The molecule has 1 aliphatic heterocycles. The average Bonchev–Trinajstić information content (AvgIpc) is 2.94. The molecule has 1 saturated heterocycles. The molecule has 1 fully saturated rings. The van der Waals surface area contributed by atoms with Crippen LogP contribution in [0.2, 0.25) is 5.02 Å². The van der Waals surface area contributed by atoms with Gasteiger partial charge in [0.05, 0.1) is 0 Å². The van der Waals surface area contributed by atoms with E-state index in [4.69, 9.17) is 26.3 Å². The lowest BCUT2D eigenvalue weighted by molar-refractivity contribution is -0.133. The van der Waals surface area contributed by atoms with Gasteiger partial charge >= 0.3 is 0 Å². The molecule has 3 aromatic carbocycles. The molecule has 5 rings (SSSR count). The van der Waals surface area contributed by atoms with E-state index in [1.807, 2.05) is 17.0 Å². The number of hydrogen-bond donors (Lipinski definition) is 0. The second-order valence-corrected chi connectivity index (χ2v) is 10.0. The van der Waals surface area contributed by atoms with Crippen LogP contribution in [0.4, 0.5) is 5.82 Å². The van der Waals surface area contributed by atoms with Gasteiger partial charge in [-0.15, -0.1) is 0 Å². The van der Waals surface area contributed by atoms with Gasteiger partial charge in [0, 0.05) is 54.4 Å². The summed E-state index contributed by atoms with van der Waals surface area (Å²) in [6.45, 7) is 6.75. The number of nitrogens with zero attached hydrogens (tertiary/aromatic N) is 4. The van der Waals surface area contributed by atoms with Crippen molar-refractivity contribution in [2.45, 2.75) is 20.3 Å². The zero-order valence-electron chi connectivity index (χ0n) is 21.7. The summed E-state index contributed by atoms with van der Waals surface area (Å²) in [4.78, 5) is 27.0. The van der Waals surface area contributed by atoms with Crippen molar-refractivity contribution >= 4 is 23.3 Å². The van der Waals surface area contributed by atoms with Crippen LogP contribution in [-0.4, -0.2) is 53.6 Å². The van der Waals surface area contributed by atoms with Crippen LogP contribution >= 0.6 is 11.6 Å². The third-order valence-electron chi connectivity index (χ3n) is 6.80. The molecule has 0 bridgehead atoms. The van der Waals surface area contributed by atoms with E-state index in [2.05, 4.69) is 61.2 Å². The standard InChI is InChI=1S/C31H31ClN4O2/c1-22-7-6-10-25(19-22)30-33-23(2)28(20-24-8-4-3-5-9-24)31(34-30)36-17-15-35(16-18-36)29(37)21-38-27-13-11-26(32)12-14-27/h3-14,19H,15-18,20-21H2,1-2H3. The van der Waals surface area contributed by atoms with Gasteiger partial charge in [-0.2, -0.15) is 0 Å². The highest BCUT2D eigenvalue weighted by Crippen LogP contribution is 2.28. The van der Waals surface area contributed by atoms with Crippen LogP contribution in [0.3, 0.4) is 0 Å². The fraction of sp³-hybridized carbons (Fsp3) is 0.258. The van der Waals surface area contributed by atoms with Crippen molar-refractivity contribution in [1.29, 1.82) is 0 Å². The maximum Gasteiger partial charge on any atom is 0.260 e. The molecule has 6 nitrogen and oxygen atoms in total. The largest absolute Gasteiger partial charge is 0.484 e. The Labute approximate surface area is 228 Å². The molecule has 1 aliphatic rings. The van der Waals surface area contributed by atoms with E-state index in [9.17, 15) is 4.79 Å². The van der Waals surface area contributed by atoms with Crippen molar-refractivity contribution in [3.8, 4) is 17.1 Å². The van der Waals surface area contributed by atoms with Crippen LogP contribution in [0, 0.1) is 13.8 Å². The van der Waals surface area contributed by atoms with Crippen molar-refractivity contribution in [2.24, 2.45) is 0 Å². The number of ether oxygens (including phenoxy) is 1. The lowest BCUT2D eigenvalue weighted by Gasteiger charge is -2.36. The number of carbonyl (C=O) groups excluding carboxylic acids is 1. The highest BCUT2D eigenvalue weighted by atomic mass is 35.5. The SMILES string of the molecule is Cc1cccc(-c2nc(C)c(Cc3ccccc3)c(N3CCN(C(=O)COc4ccc(Cl)cc4)CC3)n2)c1. The fourth-order valence-electron chi connectivity index (χ4n) is 4.70. The summed E-state index contributed by atoms with van der Waals surface area (Å²) in [5, 5.41) is 0.636. The highest BCUT2D eigenvalue weighted by molar-refractivity contribution is 6.30. The van der Waals surface area contributed by atoms with E-state index in [0.717, 1.165) is 34.9 Å². The van der Waals surface area contributed by atoms with Gasteiger partial charge in [-0.1, -0.05) is 65.7 Å². The van der Waals surface area contributed by atoms with Crippen molar-refractivity contribution in [1.82, 2.24) is 14.9 Å². The predicted molar refractivity (Wildman–Crippen MR) is 152 cm³/mol. The number of rotatable bonds is 7. The number of carbonyl (C=O) groups is 1. The van der Waals surface area contributed by atoms with Crippen LogP contribution in [0.5, 0.6) is 5.75 Å². The highest BCUT2D eigenvalue weighted by Gasteiger charge is 2.25. The van der Waals surface area contributed by atoms with Gasteiger partial charge < -0.3 is 14.5 Å². The average molecular weight is 527 g/mol. The lowest BCUT2D eigenvalue weighted by Crippen LogP contribution is -2.50. The summed E-state index contributed by atoms with van der Waals surface area (Å²) in [7, 11) is 0. The molecule has 0 radical (unpaired) electrons. The number of anilines is 1. The molecular formula is C31H31ClN4O2. The topological polar surface area (TPSA) is 58.6 Å². The van der Waals surface area contributed by atoms with Gasteiger partial charge in [0.25, 0.3) is 5.91 Å². The molecule has 4 aromatic rings. The second kappa shape index (κ2) is 11.7. The fourth-order valence-corrected chi connectivity index (χ4v) is 4.82. The summed E-state index contributed by atoms with van der Waals surface area (Å²) in [6.07, 6.45) is 0.754. The number of amides is 1. The molecule has 0 aliphatic carbocycles. The molecule has 1 aromatic heterocycles. The minimum absolute atomic E-state index is 0.00497. The van der Waals surface area contributed by atoms with Crippen LogP contribution < -0.4 is 9.64 Å². The minimum atomic E-state index is -0.0246. The first-order chi connectivity index (χ1) is 18.5. The Kier molecular flexibility index (Phi) is 7.89. The Balaban J connectivity index is 1.34. The van der Waals surface area contributed by atoms with Gasteiger partial charge in [0.2, 0.25) is 0 Å². The van der Waals surface area contributed by atoms with Crippen molar-refractivity contribution in [2.75, 3.05) is 37.7 Å². The minimum Gasteiger partial charge on any atom is -0.484 e. The third kappa shape index (κ3) is 6.14. The number of halogens is 1. The maximum absolute atomic E-state index is 12.8. The smallest absolute Gasteiger partial charge is 0.260 e. The summed E-state index contributed by atoms with van der Waals surface area (Å²) in [6, 6.07) is 25.7. The molecular weight excluding hydrogens is 496 g/mol. The first-order valence-electron chi connectivity index (χ1n) is 12.9. The summed E-state index contributed by atoms with van der Waals surface area (Å²) in [5.41, 5.74) is 5.50. The Bertz CT molecular complexity index is 1400. The normalized spacial score (nSPS) is 13.4. The van der Waals surface area contributed by atoms with E-state index in [1.165, 1.54) is 11.1 Å². The van der Waals surface area contributed by atoms with Crippen molar-refractivity contribution in [3.05, 3.63) is 106 Å². The number of aryl methyl sites for hydroxylation is 2. The second-order valence-electron chi connectivity index (χ2n) is 9.58. The van der Waals surface area contributed by atoms with Crippen molar-refractivity contribution < 1.29 is 9.53 Å². The molecule has 0 N–H and O–H groups in total. The number of aromatic nitrogens is 2. The molecule has 0 spiro atoms. The van der Waals surface area contributed by atoms with Gasteiger partial charge in [-0.3, -0.25) is 4.79 Å². The van der Waals surface area contributed by atoms with Crippen molar-refractivity contribution in [3.63, 3.8) is 0 Å². The first-order valence-corrected chi connectivity index (χ1v) is 13.2. The Morgan fingerprint density at radius 1 is 0.895 bits per heavy atom. The lowest BCUT2D eigenvalue weighted by atomic mass is 10.0. The first kappa shape index (κ1) is 25.7. The Hall–Kier alpha value is -3.90. The third-order valence-corrected chi connectivity index (χ3v) is 7.05. The quantitative estimate of drug-likeness (QED) is 0.308. The van der Waals surface area contributed by atoms with Gasteiger partial charge in [-0.25, -0.2) is 9.97 Å². The molecule has 7 heteroatoms. The number of piperazine rings is 1. The number of hydrogen-bond acceptors (Lipinski definition) is 5. The van der Waals surface area contributed by atoms with Crippen LogP contribution in [-0.2, 0) is 11.2 Å². The van der Waals surface area contributed by atoms with Crippen LogP contribution in [0.1, 0.15) is 22.4 Å². The summed E-state index contributed by atoms with van der Waals surface area (Å²) in [5.74, 6) is 2.28. The van der Waals surface area contributed by atoms with Gasteiger partial charge in [0.1, 0.15) is 11.6 Å². The molecule has 0 atom stereocenters. The van der Waals surface area contributed by atoms with E-state index in [-0.39, 0.29) is 12.5 Å².